The lowest BCUT2D eigenvalue weighted by Crippen LogP contribution is -3.05. The minimum atomic E-state index is -0.629. The number of aliphatic hydroxyl groups is 1. The number of Topliss-reactive ketones (excluding diaryl/α,β-unsaturated/α-hetero) is 1. The lowest BCUT2D eigenvalue weighted by atomic mass is 9.95. The van der Waals surface area contributed by atoms with E-state index in [0.29, 0.717) is 12.1 Å². The summed E-state index contributed by atoms with van der Waals surface area (Å²) in [6, 6.07) is 16.1. The predicted molar refractivity (Wildman–Crippen MR) is 119 cm³/mol. The van der Waals surface area contributed by atoms with Gasteiger partial charge >= 0.3 is 0 Å². The fraction of sp³-hybridized carbons (Fsp3) is 0.333. The Bertz CT molecular complexity index is 934. The number of likely N-dealkylation sites (tertiary alicyclic amines) is 1. The number of ketones is 1. The van der Waals surface area contributed by atoms with Crippen LogP contribution in [0.15, 0.2) is 60.2 Å². The molecule has 2 aromatic rings. The summed E-state index contributed by atoms with van der Waals surface area (Å²) in [7, 11) is 8.03. The second kappa shape index (κ2) is 9.13. The zero-order valence-electron chi connectivity index (χ0n) is 18.1. The molecule has 1 aliphatic heterocycles. The molecule has 6 nitrogen and oxygen atoms in total. The Balaban J connectivity index is 2.07. The molecule has 1 amide bonds. The molecule has 1 aliphatic rings. The van der Waals surface area contributed by atoms with Gasteiger partial charge in [-0.15, -0.1) is 0 Å². The lowest BCUT2D eigenvalue weighted by molar-refractivity contribution is -0.858. The molecule has 0 aliphatic carbocycles. The van der Waals surface area contributed by atoms with Crippen LogP contribution in [0.2, 0.25) is 0 Å². The first-order valence-corrected chi connectivity index (χ1v) is 10.2. The normalized spacial score (nSPS) is 18.3. The first kappa shape index (κ1) is 21.6. The topological polar surface area (TPSA) is 65.3 Å². The van der Waals surface area contributed by atoms with E-state index in [4.69, 9.17) is 0 Å². The van der Waals surface area contributed by atoms with Crippen molar-refractivity contribution in [1.82, 2.24) is 4.90 Å². The number of rotatable bonds is 7. The molecule has 158 valence electrons. The zero-order valence-corrected chi connectivity index (χ0v) is 18.1. The third kappa shape index (κ3) is 4.39. The second-order valence-corrected chi connectivity index (χ2v) is 8.16. The number of carbonyl (C=O) groups excluding carboxylic acids is 2. The van der Waals surface area contributed by atoms with Crippen molar-refractivity contribution in [2.24, 2.45) is 0 Å². The molecular weight excluding hydrogens is 378 g/mol. The maximum atomic E-state index is 13.0. The van der Waals surface area contributed by atoms with E-state index < -0.39 is 17.7 Å². The van der Waals surface area contributed by atoms with Gasteiger partial charge < -0.3 is 19.8 Å². The molecule has 0 unspecified atom stereocenters. The average Bonchev–Trinajstić information content (AvgIpc) is 2.98. The van der Waals surface area contributed by atoms with Crippen molar-refractivity contribution in [3.05, 3.63) is 71.3 Å². The fourth-order valence-electron chi connectivity index (χ4n) is 3.77. The highest BCUT2D eigenvalue weighted by molar-refractivity contribution is 6.46. The Morgan fingerprint density at radius 3 is 2.23 bits per heavy atom. The van der Waals surface area contributed by atoms with E-state index in [1.165, 1.54) is 4.90 Å². The maximum absolute atomic E-state index is 13.0. The molecule has 1 atom stereocenters. The Labute approximate surface area is 178 Å². The van der Waals surface area contributed by atoms with Gasteiger partial charge in [0.2, 0.25) is 0 Å². The van der Waals surface area contributed by atoms with Crippen LogP contribution in [0, 0.1) is 0 Å². The Morgan fingerprint density at radius 1 is 1.03 bits per heavy atom. The second-order valence-electron chi connectivity index (χ2n) is 8.16. The number of nitrogens with one attached hydrogen (secondary N) is 1. The Kier molecular flexibility index (Phi) is 6.57. The predicted octanol–water partition coefficient (Wildman–Crippen LogP) is 1.71. The molecule has 0 aromatic heterocycles. The van der Waals surface area contributed by atoms with Crippen molar-refractivity contribution in [3.63, 3.8) is 0 Å². The van der Waals surface area contributed by atoms with Crippen LogP contribution in [0.3, 0.4) is 0 Å². The molecule has 2 N–H and O–H groups in total. The van der Waals surface area contributed by atoms with Crippen molar-refractivity contribution < 1.29 is 19.6 Å². The minimum absolute atomic E-state index is 0.128. The zero-order chi connectivity index (χ0) is 21.8. The summed E-state index contributed by atoms with van der Waals surface area (Å²) in [5.74, 6) is -1.31. The van der Waals surface area contributed by atoms with Crippen LogP contribution < -0.4 is 9.80 Å². The molecule has 0 spiro atoms. The van der Waals surface area contributed by atoms with Crippen molar-refractivity contribution in [2.45, 2.75) is 12.5 Å². The molecule has 0 radical (unpaired) electrons. The van der Waals surface area contributed by atoms with Gasteiger partial charge in [-0.1, -0.05) is 42.5 Å². The number of carbonyl (C=O) groups is 2. The van der Waals surface area contributed by atoms with Gasteiger partial charge in [0.15, 0.2) is 0 Å². The summed E-state index contributed by atoms with van der Waals surface area (Å²) < 4.78 is 0. The summed E-state index contributed by atoms with van der Waals surface area (Å²) in [5, 5.41) is 11.0. The van der Waals surface area contributed by atoms with Gasteiger partial charge in [-0.3, -0.25) is 9.59 Å². The molecule has 1 heterocycles. The molecule has 0 bridgehead atoms. The van der Waals surface area contributed by atoms with Gasteiger partial charge in [-0.05, 0) is 17.7 Å². The molecule has 0 saturated carbocycles. The van der Waals surface area contributed by atoms with E-state index in [-0.39, 0.29) is 11.3 Å². The number of nitrogens with zero attached hydrogens (tertiary/aromatic N) is 2. The van der Waals surface area contributed by atoms with Gasteiger partial charge in [0.25, 0.3) is 11.7 Å². The van der Waals surface area contributed by atoms with Crippen LogP contribution in [0.4, 0.5) is 5.69 Å². The van der Waals surface area contributed by atoms with E-state index in [9.17, 15) is 14.7 Å². The number of amides is 1. The molecule has 1 fully saturated rings. The SMILES string of the molecule is CN(C)c1ccc([C@H]2C(=C(O)c3ccccc3)C(=O)C(=O)N2CCC[NH+](C)C)cc1. The third-order valence-corrected chi connectivity index (χ3v) is 5.39. The van der Waals surface area contributed by atoms with Crippen LogP contribution >= 0.6 is 0 Å². The summed E-state index contributed by atoms with van der Waals surface area (Å²) in [6.07, 6.45) is 0.771. The number of hydrogen-bond donors (Lipinski definition) is 2. The standard InChI is InChI=1S/C24H29N3O3/c1-25(2)15-8-16-27-21(17-11-13-19(14-12-17)26(3)4)20(23(29)24(27)30)22(28)18-9-6-5-7-10-18/h5-7,9-14,21,28H,8,15-16H2,1-4H3/p+1/t21-/m0/s1. The summed E-state index contributed by atoms with van der Waals surface area (Å²) in [4.78, 5) is 30.7. The Hall–Kier alpha value is -3.12. The Morgan fingerprint density at radius 2 is 1.67 bits per heavy atom. The third-order valence-electron chi connectivity index (χ3n) is 5.39. The molecule has 2 aromatic carbocycles. The quantitative estimate of drug-likeness (QED) is 0.416. The van der Waals surface area contributed by atoms with Crippen molar-refractivity contribution in [3.8, 4) is 0 Å². The maximum Gasteiger partial charge on any atom is 0.295 e. The van der Waals surface area contributed by atoms with Crippen LogP contribution in [-0.4, -0.2) is 63.0 Å². The highest BCUT2D eigenvalue weighted by atomic mass is 16.3. The number of quaternary nitrogens is 1. The molecular formula is C24H30N3O3+. The number of aliphatic hydroxyl groups excluding tert-OH is 1. The summed E-state index contributed by atoms with van der Waals surface area (Å²) in [6.45, 7) is 1.34. The van der Waals surface area contributed by atoms with Crippen LogP contribution in [-0.2, 0) is 9.59 Å². The van der Waals surface area contributed by atoms with Gasteiger partial charge in [0.05, 0.1) is 32.3 Å². The van der Waals surface area contributed by atoms with Gasteiger partial charge in [-0.2, -0.15) is 0 Å². The molecule has 30 heavy (non-hydrogen) atoms. The van der Waals surface area contributed by atoms with Gasteiger partial charge in [0.1, 0.15) is 5.76 Å². The smallest absolute Gasteiger partial charge is 0.295 e. The van der Waals surface area contributed by atoms with Gasteiger partial charge in [-0.25, -0.2) is 0 Å². The van der Waals surface area contributed by atoms with E-state index in [1.54, 1.807) is 29.2 Å². The van der Waals surface area contributed by atoms with Gasteiger partial charge in [0, 0.05) is 38.3 Å². The largest absolute Gasteiger partial charge is 0.507 e. The minimum Gasteiger partial charge on any atom is -0.507 e. The first-order chi connectivity index (χ1) is 14.3. The van der Waals surface area contributed by atoms with E-state index in [1.807, 2.05) is 49.3 Å². The van der Waals surface area contributed by atoms with E-state index >= 15 is 0 Å². The number of benzene rings is 2. The molecule has 3 rings (SSSR count). The van der Waals surface area contributed by atoms with Crippen molar-refractivity contribution in [1.29, 1.82) is 0 Å². The summed E-state index contributed by atoms with van der Waals surface area (Å²) >= 11 is 0. The fourth-order valence-corrected chi connectivity index (χ4v) is 3.77. The highest BCUT2D eigenvalue weighted by Crippen LogP contribution is 2.39. The van der Waals surface area contributed by atoms with Crippen molar-refractivity contribution in [2.75, 3.05) is 46.2 Å². The van der Waals surface area contributed by atoms with Crippen LogP contribution in [0.25, 0.3) is 5.76 Å². The average molecular weight is 409 g/mol. The monoisotopic (exact) mass is 408 g/mol. The number of hydrogen-bond acceptors (Lipinski definition) is 4. The number of anilines is 1. The van der Waals surface area contributed by atoms with E-state index in [0.717, 1.165) is 24.2 Å². The first-order valence-electron chi connectivity index (χ1n) is 10.2. The van der Waals surface area contributed by atoms with Crippen LogP contribution in [0.5, 0.6) is 0 Å². The van der Waals surface area contributed by atoms with Crippen LogP contribution in [0.1, 0.15) is 23.6 Å². The summed E-state index contributed by atoms with van der Waals surface area (Å²) in [5.41, 5.74) is 2.52. The van der Waals surface area contributed by atoms with E-state index in [2.05, 4.69) is 14.1 Å². The van der Waals surface area contributed by atoms with Crippen molar-refractivity contribution >= 4 is 23.1 Å². The highest BCUT2D eigenvalue weighted by Gasteiger charge is 2.45. The lowest BCUT2D eigenvalue weighted by Gasteiger charge is -2.26. The molecule has 6 heteroatoms. The molecule has 1 saturated heterocycles.